The lowest BCUT2D eigenvalue weighted by atomic mass is 9.97. The van der Waals surface area contributed by atoms with Gasteiger partial charge in [-0.3, -0.25) is 9.69 Å². The number of carboxylic acids is 1. The van der Waals surface area contributed by atoms with Gasteiger partial charge in [0, 0.05) is 30.0 Å². The van der Waals surface area contributed by atoms with Crippen LogP contribution in [0.25, 0.3) is 22.6 Å². The molecule has 0 unspecified atom stereocenters. The summed E-state index contributed by atoms with van der Waals surface area (Å²) < 4.78 is 0. The molecule has 3 aromatic carbocycles. The largest absolute Gasteiger partial charge is 0.480 e. The van der Waals surface area contributed by atoms with Crippen molar-refractivity contribution in [2.45, 2.75) is 13.0 Å². The number of halogens is 1. The molecule has 0 spiro atoms. The summed E-state index contributed by atoms with van der Waals surface area (Å²) in [6.45, 7) is 1.42. The van der Waals surface area contributed by atoms with Gasteiger partial charge in [-0.1, -0.05) is 54.1 Å². The van der Waals surface area contributed by atoms with Crippen LogP contribution in [-0.2, 0) is 17.8 Å². The summed E-state index contributed by atoms with van der Waals surface area (Å²) in [5, 5.41) is 13.2. The number of anilines is 2. The molecule has 0 aliphatic carbocycles. The van der Waals surface area contributed by atoms with Crippen LogP contribution < -0.4 is 5.32 Å². The van der Waals surface area contributed by atoms with Crippen molar-refractivity contribution in [1.82, 2.24) is 14.9 Å². The van der Waals surface area contributed by atoms with Crippen molar-refractivity contribution in [3.8, 4) is 22.6 Å². The van der Waals surface area contributed by atoms with Crippen LogP contribution in [-0.4, -0.2) is 39.0 Å². The zero-order valence-electron chi connectivity index (χ0n) is 17.9. The molecule has 5 rings (SSSR count). The van der Waals surface area contributed by atoms with E-state index in [9.17, 15) is 4.79 Å². The fourth-order valence-electron chi connectivity index (χ4n) is 4.27. The first-order valence-corrected chi connectivity index (χ1v) is 11.2. The molecular formula is C26H23ClN4O2. The van der Waals surface area contributed by atoms with Gasteiger partial charge in [-0.25, -0.2) is 4.98 Å². The van der Waals surface area contributed by atoms with Gasteiger partial charge in [0.1, 0.15) is 5.82 Å². The molecular weight excluding hydrogens is 436 g/mol. The molecule has 0 saturated carbocycles. The second-order valence-electron chi connectivity index (χ2n) is 8.13. The summed E-state index contributed by atoms with van der Waals surface area (Å²) in [6.07, 6.45) is 2.61. The molecule has 6 nitrogen and oxygen atoms in total. The van der Waals surface area contributed by atoms with Gasteiger partial charge < -0.3 is 15.4 Å². The number of hydrogen-bond acceptors (Lipinski definition) is 4. The van der Waals surface area contributed by atoms with Crippen LogP contribution >= 0.6 is 11.6 Å². The van der Waals surface area contributed by atoms with Crippen LogP contribution in [0.2, 0.25) is 5.02 Å². The van der Waals surface area contributed by atoms with Crippen LogP contribution in [0, 0.1) is 0 Å². The maximum Gasteiger partial charge on any atom is 0.317 e. The molecule has 7 heteroatoms. The van der Waals surface area contributed by atoms with E-state index < -0.39 is 5.97 Å². The Hall–Kier alpha value is -3.61. The average molecular weight is 459 g/mol. The highest BCUT2D eigenvalue weighted by atomic mass is 35.5. The smallest absolute Gasteiger partial charge is 0.317 e. The Balaban J connectivity index is 1.40. The fraction of sp³-hybridized carbons (Fsp3) is 0.154. The molecule has 0 amide bonds. The lowest BCUT2D eigenvalue weighted by molar-refractivity contribution is -0.138. The third kappa shape index (κ3) is 4.62. The molecule has 4 aromatic rings. The maximum atomic E-state index is 11.1. The van der Waals surface area contributed by atoms with Gasteiger partial charge >= 0.3 is 5.97 Å². The van der Waals surface area contributed by atoms with Gasteiger partial charge in [0.15, 0.2) is 0 Å². The van der Waals surface area contributed by atoms with E-state index in [-0.39, 0.29) is 6.54 Å². The van der Waals surface area contributed by atoms with Gasteiger partial charge in [0.25, 0.3) is 0 Å². The van der Waals surface area contributed by atoms with E-state index in [1.165, 1.54) is 5.56 Å². The summed E-state index contributed by atoms with van der Waals surface area (Å²) in [6, 6.07) is 22.0. The molecule has 1 aliphatic heterocycles. The monoisotopic (exact) mass is 458 g/mol. The minimum atomic E-state index is -0.797. The lowest BCUT2D eigenvalue weighted by Gasteiger charge is -2.29. The second-order valence-corrected chi connectivity index (χ2v) is 8.54. The van der Waals surface area contributed by atoms with Crippen LogP contribution in [0.1, 0.15) is 11.1 Å². The number of carbonyl (C=O) groups is 1. The van der Waals surface area contributed by atoms with Gasteiger partial charge in [-0.2, -0.15) is 0 Å². The van der Waals surface area contributed by atoms with Gasteiger partial charge in [-0.05, 0) is 47.4 Å². The predicted octanol–water partition coefficient (Wildman–Crippen LogP) is 5.58. The van der Waals surface area contributed by atoms with Crippen molar-refractivity contribution in [1.29, 1.82) is 0 Å². The first-order chi connectivity index (χ1) is 16.1. The number of fused-ring (bicyclic) bond motifs is 1. The molecule has 1 aromatic heterocycles. The Morgan fingerprint density at radius 2 is 1.97 bits per heavy atom. The summed E-state index contributed by atoms with van der Waals surface area (Å²) in [5.41, 5.74) is 7.13. The van der Waals surface area contributed by atoms with Gasteiger partial charge in [-0.15, -0.1) is 0 Å². The number of aliphatic carboxylic acids is 1. The number of imidazole rings is 1. The van der Waals surface area contributed by atoms with Crippen molar-refractivity contribution in [2.24, 2.45) is 0 Å². The van der Waals surface area contributed by atoms with Gasteiger partial charge in [0.05, 0.1) is 23.5 Å². The van der Waals surface area contributed by atoms with Crippen molar-refractivity contribution < 1.29 is 9.90 Å². The Morgan fingerprint density at radius 1 is 1.12 bits per heavy atom. The number of hydrogen-bond donors (Lipinski definition) is 3. The van der Waals surface area contributed by atoms with E-state index in [1.54, 1.807) is 0 Å². The third-order valence-electron chi connectivity index (χ3n) is 5.86. The lowest BCUT2D eigenvalue weighted by Crippen LogP contribution is -2.34. The van der Waals surface area contributed by atoms with E-state index in [4.69, 9.17) is 16.7 Å². The molecule has 2 heterocycles. The number of benzene rings is 3. The van der Waals surface area contributed by atoms with E-state index >= 15 is 0 Å². The molecule has 1 aliphatic rings. The number of carboxylic acid groups (broad SMARTS) is 1. The number of aromatic amines is 1. The molecule has 3 N–H and O–H groups in total. The normalized spacial score (nSPS) is 13.5. The number of rotatable bonds is 6. The number of nitrogens with zero attached hydrogens (tertiary/aromatic N) is 2. The molecule has 0 saturated heterocycles. The highest BCUT2D eigenvalue weighted by Crippen LogP contribution is 2.33. The Kier molecular flexibility index (Phi) is 5.86. The minimum Gasteiger partial charge on any atom is -0.480 e. The maximum absolute atomic E-state index is 11.1. The minimum absolute atomic E-state index is 0.0613. The average Bonchev–Trinajstić information content (AvgIpc) is 3.31. The SMILES string of the molecule is O=C(O)CN1CCc2c(cccc2Nc2ccc(Cl)c(-c3ncc(-c4ccccc4)[nH]3)c2)C1. The van der Waals surface area contributed by atoms with E-state index in [1.807, 2.05) is 65.7 Å². The number of aromatic nitrogens is 2. The third-order valence-corrected chi connectivity index (χ3v) is 6.19. The summed E-state index contributed by atoms with van der Waals surface area (Å²) in [4.78, 5) is 21.0. The summed E-state index contributed by atoms with van der Waals surface area (Å²) in [7, 11) is 0. The predicted molar refractivity (Wildman–Crippen MR) is 131 cm³/mol. The molecule has 166 valence electrons. The summed E-state index contributed by atoms with van der Waals surface area (Å²) in [5.74, 6) is -0.0864. The van der Waals surface area contributed by atoms with Crippen LogP contribution in [0.4, 0.5) is 11.4 Å². The molecule has 0 bridgehead atoms. The number of nitrogens with one attached hydrogen (secondary N) is 2. The van der Waals surface area contributed by atoms with E-state index in [0.29, 0.717) is 17.4 Å². The first kappa shape index (κ1) is 21.2. The highest BCUT2D eigenvalue weighted by Gasteiger charge is 2.20. The van der Waals surface area contributed by atoms with Crippen LogP contribution in [0.15, 0.2) is 72.9 Å². The van der Waals surface area contributed by atoms with Crippen molar-refractivity contribution >= 4 is 28.9 Å². The standard InChI is InChI=1S/C26H23ClN4O2/c27-22-10-9-19(13-21(22)26-28-14-24(30-26)17-5-2-1-3-6-17)29-23-8-4-7-18-15-31(16-25(32)33)12-11-20(18)23/h1-10,13-14,29H,11-12,15-16H2,(H,28,30)(H,32,33). The first-order valence-electron chi connectivity index (χ1n) is 10.8. The zero-order chi connectivity index (χ0) is 22.8. The molecule has 33 heavy (non-hydrogen) atoms. The van der Waals surface area contributed by atoms with E-state index in [0.717, 1.165) is 46.7 Å². The number of H-pyrrole nitrogens is 1. The second kappa shape index (κ2) is 9.10. The topological polar surface area (TPSA) is 81.2 Å². The molecule has 0 radical (unpaired) electrons. The Morgan fingerprint density at radius 3 is 2.79 bits per heavy atom. The van der Waals surface area contributed by atoms with Crippen molar-refractivity contribution in [3.05, 3.63) is 89.1 Å². The Bertz CT molecular complexity index is 1300. The quantitative estimate of drug-likeness (QED) is 0.351. The fourth-order valence-corrected chi connectivity index (χ4v) is 4.48. The van der Waals surface area contributed by atoms with Gasteiger partial charge in [0.2, 0.25) is 0 Å². The van der Waals surface area contributed by atoms with E-state index in [2.05, 4.69) is 27.4 Å². The highest BCUT2D eigenvalue weighted by molar-refractivity contribution is 6.33. The van der Waals surface area contributed by atoms with Crippen molar-refractivity contribution in [2.75, 3.05) is 18.4 Å². The zero-order valence-corrected chi connectivity index (χ0v) is 18.6. The molecule has 0 fully saturated rings. The Labute approximate surface area is 196 Å². The van der Waals surface area contributed by atoms with Crippen molar-refractivity contribution in [3.63, 3.8) is 0 Å². The van der Waals surface area contributed by atoms with Crippen LogP contribution in [0.5, 0.6) is 0 Å². The summed E-state index contributed by atoms with van der Waals surface area (Å²) >= 11 is 6.52. The molecule has 0 atom stereocenters. The van der Waals surface area contributed by atoms with Crippen LogP contribution in [0.3, 0.4) is 0 Å².